The summed E-state index contributed by atoms with van der Waals surface area (Å²) < 4.78 is 0. The molecule has 0 aliphatic heterocycles. The Morgan fingerprint density at radius 3 is 3.00 bits per heavy atom. The molecule has 0 radical (unpaired) electrons. The van der Waals surface area contributed by atoms with Gasteiger partial charge in [-0.3, -0.25) is 5.10 Å². The fourth-order valence-electron chi connectivity index (χ4n) is 0.846. The van der Waals surface area contributed by atoms with E-state index in [9.17, 15) is 0 Å². The number of H-pyrrole nitrogens is 1. The van der Waals surface area contributed by atoms with Crippen molar-refractivity contribution in [3.05, 3.63) is 24.7 Å². The standard InChI is InChI=1S/C8H11N5/c1-3-10-8(11-4-2)7-6(9)5-12-13-7/h3-5H,1,9H2,2H3,(H,12,13). The van der Waals surface area contributed by atoms with Crippen molar-refractivity contribution in [2.75, 3.05) is 5.73 Å². The van der Waals surface area contributed by atoms with E-state index in [-0.39, 0.29) is 0 Å². The first-order valence-corrected chi connectivity index (χ1v) is 3.76. The second-order valence-corrected chi connectivity index (χ2v) is 2.22. The van der Waals surface area contributed by atoms with Crippen molar-refractivity contribution in [2.24, 2.45) is 9.98 Å². The summed E-state index contributed by atoms with van der Waals surface area (Å²) in [7, 11) is 0. The van der Waals surface area contributed by atoms with Crippen molar-refractivity contribution in [3.63, 3.8) is 0 Å². The second kappa shape index (κ2) is 4.20. The molecule has 0 aliphatic rings. The molecule has 0 bridgehead atoms. The Bertz CT molecular complexity index is 347. The number of hydrogen-bond acceptors (Lipinski definition) is 3. The highest BCUT2D eigenvalue weighted by atomic mass is 15.1. The van der Waals surface area contributed by atoms with Crippen LogP contribution in [0.3, 0.4) is 0 Å². The van der Waals surface area contributed by atoms with Crippen LogP contribution in [0, 0.1) is 0 Å². The third-order valence-electron chi connectivity index (χ3n) is 1.36. The summed E-state index contributed by atoms with van der Waals surface area (Å²) >= 11 is 0. The normalized spacial score (nSPS) is 12.2. The summed E-state index contributed by atoms with van der Waals surface area (Å²) in [6, 6.07) is 0. The fraction of sp³-hybridized carbons (Fsp3) is 0.125. The lowest BCUT2D eigenvalue weighted by Crippen LogP contribution is -2.01. The first kappa shape index (κ1) is 9.18. The van der Waals surface area contributed by atoms with Gasteiger partial charge in [-0.25, -0.2) is 9.98 Å². The molecule has 1 rings (SSSR count). The summed E-state index contributed by atoms with van der Waals surface area (Å²) in [4.78, 5) is 7.97. The number of anilines is 1. The first-order chi connectivity index (χ1) is 6.29. The third-order valence-corrected chi connectivity index (χ3v) is 1.36. The van der Waals surface area contributed by atoms with Gasteiger partial charge < -0.3 is 5.73 Å². The van der Waals surface area contributed by atoms with E-state index in [2.05, 4.69) is 26.8 Å². The van der Waals surface area contributed by atoms with Gasteiger partial charge in [0.15, 0.2) is 5.84 Å². The lowest BCUT2D eigenvalue weighted by atomic mass is 10.3. The lowest BCUT2D eigenvalue weighted by molar-refractivity contribution is 1.08. The average molecular weight is 177 g/mol. The Hall–Kier alpha value is -1.91. The number of aromatic nitrogens is 2. The molecule has 0 saturated heterocycles. The van der Waals surface area contributed by atoms with Gasteiger partial charge in [0.25, 0.3) is 0 Å². The van der Waals surface area contributed by atoms with E-state index in [0.29, 0.717) is 17.2 Å². The van der Waals surface area contributed by atoms with Gasteiger partial charge in [-0.1, -0.05) is 6.58 Å². The van der Waals surface area contributed by atoms with Crippen molar-refractivity contribution >= 4 is 17.7 Å². The van der Waals surface area contributed by atoms with Crippen LogP contribution in [0.2, 0.25) is 0 Å². The highest BCUT2D eigenvalue weighted by molar-refractivity contribution is 6.05. The minimum absolute atomic E-state index is 0.479. The van der Waals surface area contributed by atoms with Gasteiger partial charge in [0.2, 0.25) is 0 Å². The summed E-state index contributed by atoms with van der Waals surface area (Å²) in [5.41, 5.74) is 6.75. The summed E-state index contributed by atoms with van der Waals surface area (Å²) in [6.45, 7) is 5.28. The number of nitrogens with two attached hydrogens (primary N) is 1. The zero-order valence-electron chi connectivity index (χ0n) is 7.36. The molecule has 0 amide bonds. The van der Waals surface area contributed by atoms with Crippen molar-refractivity contribution in [1.82, 2.24) is 10.2 Å². The van der Waals surface area contributed by atoms with E-state index in [1.54, 1.807) is 13.1 Å². The molecule has 0 aliphatic carbocycles. The molecule has 1 aromatic rings. The summed E-state index contributed by atoms with van der Waals surface area (Å²) in [5, 5.41) is 6.48. The lowest BCUT2D eigenvalue weighted by Gasteiger charge is -1.95. The summed E-state index contributed by atoms with van der Waals surface area (Å²) in [6.07, 6.45) is 4.55. The molecule has 1 heterocycles. The van der Waals surface area contributed by atoms with Crippen LogP contribution >= 0.6 is 0 Å². The van der Waals surface area contributed by atoms with E-state index in [0.717, 1.165) is 0 Å². The molecule has 0 saturated carbocycles. The second-order valence-electron chi connectivity index (χ2n) is 2.22. The SMILES string of the molecule is C=CN=C(N=CC)c1[nH]ncc1N. The Kier molecular flexibility index (Phi) is 2.97. The minimum Gasteiger partial charge on any atom is -0.396 e. The van der Waals surface area contributed by atoms with Crippen LogP contribution in [0.4, 0.5) is 5.69 Å². The number of nitrogen functional groups attached to an aromatic ring is 1. The molecule has 0 atom stereocenters. The number of hydrogen-bond donors (Lipinski definition) is 2. The average Bonchev–Trinajstić information content (AvgIpc) is 2.51. The summed E-state index contributed by atoms with van der Waals surface area (Å²) in [5.74, 6) is 0.479. The highest BCUT2D eigenvalue weighted by Crippen LogP contribution is 2.08. The Morgan fingerprint density at radius 2 is 2.54 bits per heavy atom. The van der Waals surface area contributed by atoms with Crippen molar-refractivity contribution < 1.29 is 0 Å². The van der Waals surface area contributed by atoms with Crippen LogP contribution in [-0.4, -0.2) is 22.2 Å². The smallest absolute Gasteiger partial charge is 0.179 e. The number of aliphatic imine (C=N–C) groups is 2. The number of nitrogens with one attached hydrogen (secondary N) is 1. The third kappa shape index (κ3) is 2.02. The van der Waals surface area contributed by atoms with Crippen LogP contribution in [0.5, 0.6) is 0 Å². The monoisotopic (exact) mass is 177 g/mol. The maximum atomic E-state index is 5.62. The van der Waals surface area contributed by atoms with Crippen LogP contribution in [0.15, 0.2) is 29.0 Å². The van der Waals surface area contributed by atoms with Crippen molar-refractivity contribution in [1.29, 1.82) is 0 Å². The predicted octanol–water partition coefficient (Wildman–Crippen LogP) is 0.973. The van der Waals surface area contributed by atoms with Gasteiger partial charge >= 0.3 is 0 Å². The molecule has 5 nitrogen and oxygen atoms in total. The molecule has 0 aromatic carbocycles. The van der Waals surface area contributed by atoms with Crippen LogP contribution < -0.4 is 5.73 Å². The highest BCUT2D eigenvalue weighted by Gasteiger charge is 2.06. The zero-order chi connectivity index (χ0) is 9.68. The van der Waals surface area contributed by atoms with E-state index in [4.69, 9.17) is 5.73 Å². The van der Waals surface area contributed by atoms with Gasteiger partial charge in [0.05, 0.1) is 11.9 Å². The molecule has 0 fully saturated rings. The molecular formula is C8H11N5. The fourth-order valence-corrected chi connectivity index (χ4v) is 0.846. The molecule has 1 aromatic heterocycles. The van der Waals surface area contributed by atoms with E-state index >= 15 is 0 Å². The molecule has 5 heteroatoms. The number of amidine groups is 1. The zero-order valence-corrected chi connectivity index (χ0v) is 7.36. The van der Waals surface area contributed by atoms with Gasteiger partial charge in [-0.05, 0) is 6.92 Å². The van der Waals surface area contributed by atoms with Gasteiger partial charge in [0.1, 0.15) is 5.69 Å². The number of rotatable bonds is 2. The van der Waals surface area contributed by atoms with Gasteiger partial charge in [-0.2, -0.15) is 5.10 Å². The van der Waals surface area contributed by atoms with Crippen molar-refractivity contribution in [2.45, 2.75) is 6.92 Å². The maximum absolute atomic E-state index is 5.62. The molecule has 0 unspecified atom stereocenters. The Balaban J connectivity index is 3.09. The van der Waals surface area contributed by atoms with Crippen molar-refractivity contribution in [3.8, 4) is 0 Å². The topological polar surface area (TPSA) is 79.4 Å². The Morgan fingerprint density at radius 1 is 1.77 bits per heavy atom. The van der Waals surface area contributed by atoms with Crippen LogP contribution in [-0.2, 0) is 0 Å². The van der Waals surface area contributed by atoms with E-state index in [1.807, 2.05) is 0 Å². The molecular weight excluding hydrogens is 166 g/mol. The predicted molar refractivity (Wildman–Crippen MR) is 53.9 cm³/mol. The number of aromatic amines is 1. The molecule has 0 spiro atoms. The number of nitrogens with zero attached hydrogens (tertiary/aromatic N) is 3. The largest absolute Gasteiger partial charge is 0.396 e. The van der Waals surface area contributed by atoms with Gasteiger partial charge in [0, 0.05) is 12.4 Å². The molecule has 3 N–H and O–H groups in total. The molecule has 13 heavy (non-hydrogen) atoms. The van der Waals surface area contributed by atoms with E-state index in [1.165, 1.54) is 12.4 Å². The van der Waals surface area contributed by atoms with E-state index < -0.39 is 0 Å². The first-order valence-electron chi connectivity index (χ1n) is 3.76. The van der Waals surface area contributed by atoms with Crippen LogP contribution in [0.25, 0.3) is 0 Å². The quantitative estimate of drug-likeness (QED) is 0.521. The van der Waals surface area contributed by atoms with Crippen LogP contribution in [0.1, 0.15) is 12.6 Å². The Labute approximate surface area is 76.1 Å². The minimum atomic E-state index is 0.479. The maximum Gasteiger partial charge on any atom is 0.179 e. The van der Waals surface area contributed by atoms with Gasteiger partial charge in [-0.15, -0.1) is 0 Å². The molecule has 68 valence electrons.